The van der Waals surface area contributed by atoms with Crippen molar-refractivity contribution in [2.24, 2.45) is 0 Å². The number of benzene rings is 2. The van der Waals surface area contributed by atoms with Crippen molar-refractivity contribution in [2.45, 2.75) is 13.3 Å². The van der Waals surface area contributed by atoms with Crippen LogP contribution in [0.1, 0.15) is 22.8 Å². The van der Waals surface area contributed by atoms with Gasteiger partial charge in [0.15, 0.2) is 0 Å². The molecule has 20 heavy (non-hydrogen) atoms. The maximum atomic E-state index is 13.2. The molecule has 0 radical (unpaired) electrons. The minimum Gasteiger partial charge on any atom is -0.322 e. The normalized spacial score (nSPS) is 10.4. The Balaban J connectivity index is 2.25. The number of rotatable bonds is 3. The fourth-order valence-corrected chi connectivity index (χ4v) is 2.60. The summed E-state index contributed by atoms with van der Waals surface area (Å²) in [6.07, 6.45) is 0.808. The average molecular weight is 401 g/mol. The number of aryl methyl sites for hydroxylation is 1. The van der Waals surface area contributed by atoms with Crippen LogP contribution in [0.2, 0.25) is 0 Å². The molecule has 2 rings (SSSR count). The van der Waals surface area contributed by atoms with Crippen molar-refractivity contribution < 1.29 is 9.18 Å². The largest absolute Gasteiger partial charge is 0.322 e. The zero-order valence-electron chi connectivity index (χ0n) is 10.7. The van der Waals surface area contributed by atoms with Crippen LogP contribution in [0, 0.1) is 5.82 Å². The molecule has 0 aromatic heterocycles. The van der Waals surface area contributed by atoms with Crippen molar-refractivity contribution in [3.05, 3.63) is 62.3 Å². The monoisotopic (exact) mass is 399 g/mol. The van der Waals surface area contributed by atoms with Crippen molar-refractivity contribution in [3.8, 4) is 0 Å². The van der Waals surface area contributed by atoms with Crippen LogP contribution in [0.3, 0.4) is 0 Å². The molecule has 0 spiro atoms. The minimum absolute atomic E-state index is 0.261. The third-order valence-electron chi connectivity index (χ3n) is 2.88. The second kappa shape index (κ2) is 6.50. The van der Waals surface area contributed by atoms with E-state index in [0.717, 1.165) is 22.1 Å². The van der Waals surface area contributed by atoms with Crippen LogP contribution in [0.25, 0.3) is 0 Å². The molecule has 0 fully saturated rings. The van der Waals surface area contributed by atoms with Crippen LogP contribution in [0.4, 0.5) is 10.1 Å². The summed E-state index contributed by atoms with van der Waals surface area (Å²) in [6.45, 7) is 2.02. The summed E-state index contributed by atoms with van der Waals surface area (Å²) in [7, 11) is 0. The van der Waals surface area contributed by atoms with Gasteiger partial charge in [-0.15, -0.1) is 0 Å². The molecule has 104 valence electrons. The zero-order chi connectivity index (χ0) is 14.7. The predicted octanol–water partition coefficient (Wildman–Crippen LogP) is 5.17. The maximum Gasteiger partial charge on any atom is 0.255 e. The Bertz CT molecular complexity index is 658. The second-order valence-electron chi connectivity index (χ2n) is 4.24. The highest BCUT2D eigenvalue weighted by Gasteiger charge is 2.10. The molecule has 0 aliphatic carbocycles. The van der Waals surface area contributed by atoms with Gasteiger partial charge in [-0.2, -0.15) is 0 Å². The molecular weight excluding hydrogens is 389 g/mol. The summed E-state index contributed by atoms with van der Waals surface area (Å²) in [5.41, 5.74) is 2.21. The number of nitrogens with one attached hydrogen (secondary N) is 1. The van der Waals surface area contributed by atoms with Gasteiger partial charge in [-0.3, -0.25) is 4.79 Å². The highest BCUT2D eigenvalue weighted by Crippen LogP contribution is 2.23. The fraction of sp³-hybridized carbons (Fsp3) is 0.133. The van der Waals surface area contributed by atoms with E-state index in [9.17, 15) is 9.18 Å². The van der Waals surface area contributed by atoms with E-state index in [1.165, 1.54) is 18.2 Å². The van der Waals surface area contributed by atoms with E-state index in [1.54, 1.807) is 0 Å². The molecule has 0 saturated heterocycles. The Morgan fingerprint density at radius 2 is 1.95 bits per heavy atom. The SMILES string of the molecule is CCc1cc(Br)ccc1NC(=O)c1ccc(F)c(Br)c1. The Morgan fingerprint density at radius 3 is 2.60 bits per heavy atom. The summed E-state index contributed by atoms with van der Waals surface area (Å²) in [5.74, 6) is -0.651. The van der Waals surface area contributed by atoms with Gasteiger partial charge in [0.05, 0.1) is 4.47 Å². The van der Waals surface area contributed by atoms with E-state index in [4.69, 9.17) is 0 Å². The lowest BCUT2D eigenvalue weighted by atomic mass is 10.1. The molecule has 0 heterocycles. The van der Waals surface area contributed by atoms with E-state index in [-0.39, 0.29) is 16.2 Å². The summed E-state index contributed by atoms with van der Waals surface area (Å²) in [5, 5.41) is 2.85. The van der Waals surface area contributed by atoms with Gasteiger partial charge >= 0.3 is 0 Å². The van der Waals surface area contributed by atoms with E-state index in [0.29, 0.717) is 5.56 Å². The summed E-state index contributed by atoms with van der Waals surface area (Å²) >= 11 is 6.48. The van der Waals surface area contributed by atoms with Gasteiger partial charge in [-0.1, -0.05) is 22.9 Å². The van der Waals surface area contributed by atoms with Crippen molar-refractivity contribution in [3.63, 3.8) is 0 Å². The van der Waals surface area contributed by atoms with Crippen molar-refractivity contribution in [2.75, 3.05) is 5.32 Å². The summed E-state index contributed by atoms with van der Waals surface area (Å²) in [4.78, 5) is 12.2. The standard InChI is InChI=1S/C15H12Br2FNO/c1-2-9-7-11(16)4-6-14(9)19-15(20)10-3-5-13(18)12(17)8-10/h3-8H,2H2,1H3,(H,19,20). The number of halogens is 3. The van der Waals surface area contributed by atoms with Gasteiger partial charge < -0.3 is 5.32 Å². The first-order chi connectivity index (χ1) is 9.51. The van der Waals surface area contributed by atoms with E-state index in [2.05, 4.69) is 37.2 Å². The van der Waals surface area contributed by atoms with Crippen LogP contribution in [-0.2, 0) is 6.42 Å². The van der Waals surface area contributed by atoms with Gasteiger partial charge in [-0.25, -0.2) is 4.39 Å². The van der Waals surface area contributed by atoms with E-state index >= 15 is 0 Å². The molecular formula is C15H12Br2FNO. The van der Waals surface area contributed by atoms with Gasteiger partial charge in [0.25, 0.3) is 5.91 Å². The van der Waals surface area contributed by atoms with Gasteiger partial charge in [0.2, 0.25) is 0 Å². The first-order valence-electron chi connectivity index (χ1n) is 6.06. The molecule has 2 nitrogen and oxygen atoms in total. The maximum absolute atomic E-state index is 13.2. The molecule has 0 bridgehead atoms. The lowest BCUT2D eigenvalue weighted by Gasteiger charge is -2.10. The minimum atomic E-state index is -0.389. The number of anilines is 1. The molecule has 0 aliphatic heterocycles. The molecule has 0 saturated carbocycles. The van der Waals surface area contributed by atoms with Crippen LogP contribution >= 0.6 is 31.9 Å². The summed E-state index contributed by atoms with van der Waals surface area (Å²) < 4.78 is 14.4. The molecule has 0 aliphatic rings. The Morgan fingerprint density at radius 1 is 1.20 bits per heavy atom. The fourth-order valence-electron chi connectivity index (χ4n) is 1.81. The number of hydrogen-bond acceptors (Lipinski definition) is 1. The third kappa shape index (κ3) is 3.46. The highest BCUT2D eigenvalue weighted by atomic mass is 79.9. The molecule has 0 unspecified atom stereocenters. The topological polar surface area (TPSA) is 29.1 Å². The highest BCUT2D eigenvalue weighted by molar-refractivity contribution is 9.10. The second-order valence-corrected chi connectivity index (χ2v) is 6.01. The van der Waals surface area contributed by atoms with Gasteiger partial charge in [-0.05, 0) is 64.3 Å². The van der Waals surface area contributed by atoms with Crippen LogP contribution in [-0.4, -0.2) is 5.91 Å². The van der Waals surface area contributed by atoms with Gasteiger partial charge in [0, 0.05) is 15.7 Å². The smallest absolute Gasteiger partial charge is 0.255 e. The lowest BCUT2D eigenvalue weighted by Crippen LogP contribution is -2.13. The predicted molar refractivity (Wildman–Crippen MR) is 85.6 cm³/mol. The number of carbonyl (C=O) groups excluding carboxylic acids is 1. The molecule has 5 heteroatoms. The molecule has 2 aromatic rings. The number of amides is 1. The Kier molecular flexibility index (Phi) is 4.94. The van der Waals surface area contributed by atoms with Crippen molar-refractivity contribution >= 4 is 43.5 Å². The number of hydrogen-bond donors (Lipinski definition) is 1. The summed E-state index contributed by atoms with van der Waals surface area (Å²) in [6, 6.07) is 9.88. The molecule has 1 amide bonds. The first-order valence-corrected chi connectivity index (χ1v) is 7.64. The van der Waals surface area contributed by atoms with Crippen LogP contribution in [0.15, 0.2) is 45.3 Å². The Hall–Kier alpha value is -1.20. The third-order valence-corrected chi connectivity index (χ3v) is 3.98. The Labute approximate surface area is 133 Å². The average Bonchev–Trinajstić information content (AvgIpc) is 2.43. The quantitative estimate of drug-likeness (QED) is 0.756. The molecule has 0 atom stereocenters. The van der Waals surface area contributed by atoms with E-state index in [1.807, 2.05) is 25.1 Å². The van der Waals surface area contributed by atoms with Gasteiger partial charge in [0.1, 0.15) is 5.82 Å². The molecule has 2 aromatic carbocycles. The van der Waals surface area contributed by atoms with Crippen molar-refractivity contribution in [1.29, 1.82) is 0 Å². The lowest BCUT2D eigenvalue weighted by molar-refractivity contribution is 0.102. The number of carbonyl (C=O) groups is 1. The molecule has 1 N–H and O–H groups in total. The van der Waals surface area contributed by atoms with E-state index < -0.39 is 0 Å². The first kappa shape index (κ1) is 15.2. The van der Waals surface area contributed by atoms with Crippen LogP contribution in [0.5, 0.6) is 0 Å². The van der Waals surface area contributed by atoms with Crippen LogP contribution < -0.4 is 5.32 Å². The zero-order valence-corrected chi connectivity index (χ0v) is 13.9. The van der Waals surface area contributed by atoms with Crippen molar-refractivity contribution in [1.82, 2.24) is 0 Å².